The standard InChI is InChI=1S/C28H33NO7Te/c1-16-10-12-22(13-11-16)37-28(29-26-17(2)8-7-9-18(26)3)24-14-23(34-20(5)31)27(35-21(6)32)25(36-24)15-33-19(4)30/h7-13,23-25,27H,14-15H2,1-6H3/t23-,24-,25-,27+/m1/s1. The van der Waals surface area contributed by atoms with E-state index in [-0.39, 0.29) is 13.0 Å². The van der Waals surface area contributed by atoms with Gasteiger partial charge in [-0.25, -0.2) is 0 Å². The number of rotatable bonds is 8. The minimum atomic E-state index is -1.00. The van der Waals surface area contributed by atoms with Crippen molar-refractivity contribution in [1.82, 2.24) is 0 Å². The van der Waals surface area contributed by atoms with Gasteiger partial charge in [-0.2, -0.15) is 0 Å². The van der Waals surface area contributed by atoms with Gasteiger partial charge in [-0.3, -0.25) is 0 Å². The van der Waals surface area contributed by atoms with Gasteiger partial charge in [0.1, 0.15) is 0 Å². The summed E-state index contributed by atoms with van der Waals surface area (Å²) in [7, 11) is 0. The number of hydrogen-bond donors (Lipinski definition) is 0. The molecule has 0 N–H and O–H groups in total. The van der Waals surface area contributed by atoms with E-state index in [2.05, 4.69) is 24.3 Å². The van der Waals surface area contributed by atoms with Gasteiger partial charge < -0.3 is 0 Å². The molecule has 0 unspecified atom stereocenters. The summed E-state index contributed by atoms with van der Waals surface area (Å²) in [6.07, 6.45) is -2.80. The second-order valence-electron chi connectivity index (χ2n) is 9.03. The molecule has 1 heterocycles. The molecule has 3 rings (SSSR count). The first-order valence-corrected chi connectivity index (χ1v) is 14.4. The molecule has 0 amide bonds. The number of hydrogen-bond acceptors (Lipinski definition) is 8. The van der Waals surface area contributed by atoms with E-state index in [0.717, 1.165) is 20.6 Å². The van der Waals surface area contributed by atoms with Crippen LogP contribution < -0.4 is 3.61 Å². The van der Waals surface area contributed by atoms with E-state index >= 15 is 0 Å². The molecule has 0 aromatic heterocycles. The summed E-state index contributed by atoms with van der Waals surface area (Å²) in [5.74, 6) is -1.54. The van der Waals surface area contributed by atoms with Crippen molar-refractivity contribution in [1.29, 1.82) is 0 Å². The van der Waals surface area contributed by atoms with E-state index in [9.17, 15) is 14.4 Å². The first kappa shape index (κ1) is 28.8. The average molecular weight is 623 g/mol. The minimum absolute atomic E-state index is 0.149. The van der Waals surface area contributed by atoms with Crippen LogP contribution in [0.25, 0.3) is 0 Å². The Labute approximate surface area is 227 Å². The van der Waals surface area contributed by atoms with Crippen LogP contribution in [-0.4, -0.2) is 73.6 Å². The van der Waals surface area contributed by atoms with E-state index in [1.165, 1.54) is 29.9 Å². The molecule has 9 heteroatoms. The van der Waals surface area contributed by atoms with Crippen molar-refractivity contribution in [3.05, 3.63) is 59.2 Å². The van der Waals surface area contributed by atoms with E-state index in [4.69, 9.17) is 23.9 Å². The third kappa shape index (κ3) is 8.39. The fourth-order valence-corrected chi connectivity index (χ4v) is 6.74. The molecule has 1 saturated heterocycles. The van der Waals surface area contributed by atoms with E-state index in [1.807, 2.05) is 39.0 Å². The molecular weight excluding hydrogens is 590 g/mol. The van der Waals surface area contributed by atoms with Gasteiger partial charge in [-0.15, -0.1) is 0 Å². The monoisotopic (exact) mass is 625 g/mol. The Balaban J connectivity index is 2.05. The summed E-state index contributed by atoms with van der Waals surface area (Å²) < 4.78 is 24.8. The molecule has 0 spiro atoms. The fourth-order valence-electron chi connectivity index (χ4n) is 4.07. The molecule has 2 aromatic carbocycles. The first-order valence-electron chi connectivity index (χ1n) is 12.1. The number of ether oxygens (including phenoxy) is 4. The van der Waals surface area contributed by atoms with E-state index in [1.54, 1.807) is 0 Å². The summed E-state index contributed by atoms with van der Waals surface area (Å²) in [4.78, 5) is 40.6. The predicted molar refractivity (Wildman–Crippen MR) is 141 cm³/mol. The van der Waals surface area contributed by atoms with Crippen molar-refractivity contribution in [3.63, 3.8) is 0 Å². The van der Waals surface area contributed by atoms with Crippen molar-refractivity contribution in [2.45, 2.75) is 72.4 Å². The molecule has 1 fully saturated rings. The SMILES string of the molecule is CC(=O)OC[C@H]1O[C@@H](C(=Nc2c(C)cccc2C)[Te]c2ccc(C)cc2)C[C@@H](OC(C)=O)[C@@H]1OC(C)=O. The maximum atomic E-state index is 12.0. The van der Waals surface area contributed by atoms with Crippen LogP contribution in [0.15, 0.2) is 47.5 Å². The Morgan fingerprint density at radius 2 is 1.54 bits per heavy atom. The number of aryl methyl sites for hydroxylation is 3. The fraction of sp³-hybridized carbons (Fsp3) is 0.429. The Kier molecular flexibility index (Phi) is 10.3. The van der Waals surface area contributed by atoms with Crippen LogP contribution in [0.4, 0.5) is 5.69 Å². The third-order valence-corrected chi connectivity index (χ3v) is 8.83. The van der Waals surface area contributed by atoms with Gasteiger partial charge in [0.05, 0.1) is 0 Å². The Bertz CT molecular complexity index is 1140. The second-order valence-corrected chi connectivity index (χ2v) is 12.2. The van der Waals surface area contributed by atoms with Gasteiger partial charge in [0.2, 0.25) is 0 Å². The number of carbonyl (C=O) groups excluding carboxylic acids is 3. The average Bonchev–Trinajstić information content (AvgIpc) is 2.81. The summed E-state index contributed by atoms with van der Waals surface area (Å²) in [6, 6.07) is 14.4. The second kappa shape index (κ2) is 13.2. The van der Waals surface area contributed by atoms with Crippen molar-refractivity contribution in [3.8, 4) is 0 Å². The van der Waals surface area contributed by atoms with Crippen LogP contribution in [-0.2, 0) is 33.3 Å². The number of carbonyl (C=O) groups is 3. The van der Waals surface area contributed by atoms with Gasteiger partial charge in [0.15, 0.2) is 0 Å². The zero-order chi connectivity index (χ0) is 27.1. The molecule has 2 aromatic rings. The molecule has 37 heavy (non-hydrogen) atoms. The summed E-state index contributed by atoms with van der Waals surface area (Å²) in [6.45, 7) is 9.80. The molecule has 1 aliphatic rings. The summed E-state index contributed by atoms with van der Waals surface area (Å²) in [5, 5.41) is 0. The van der Waals surface area contributed by atoms with Crippen molar-refractivity contribution >= 4 is 51.9 Å². The topological polar surface area (TPSA) is 100 Å². The van der Waals surface area contributed by atoms with Crippen LogP contribution in [0.5, 0.6) is 0 Å². The van der Waals surface area contributed by atoms with E-state index in [0.29, 0.717) is 0 Å². The molecular formula is C28H33NO7Te. The normalized spacial score (nSPS) is 21.7. The number of aliphatic imine (C=N–C) groups is 1. The van der Waals surface area contributed by atoms with Gasteiger partial charge in [0.25, 0.3) is 0 Å². The molecule has 1 aliphatic heterocycles. The summed E-state index contributed by atoms with van der Waals surface area (Å²) in [5.41, 5.74) is 4.12. The molecule has 0 saturated carbocycles. The van der Waals surface area contributed by atoms with Crippen molar-refractivity contribution < 1.29 is 33.3 Å². The van der Waals surface area contributed by atoms with Crippen molar-refractivity contribution in [2.24, 2.45) is 4.99 Å². The van der Waals surface area contributed by atoms with Crippen molar-refractivity contribution in [2.75, 3.05) is 6.61 Å². The van der Waals surface area contributed by atoms with Crippen LogP contribution in [0.3, 0.4) is 0 Å². The molecule has 0 radical (unpaired) electrons. The van der Waals surface area contributed by atoms with Crippen LogP contribution in [0.1, 0.15) is 43.9 Å². The first-order chi connectivity index (χ1) is 17.5. The van der Waals surface area contributed by atoms with Gasteiger partial charge in [-0.05, 0) is 0 Å². The molecule has 0 bridgehead atoms. The Morgan fingerprint density at radius 1 is 0.919 bits per heavy atom. The molecule has 8 nitrogen and oxygen atoms in total. The van der Waals surface area contributed by atoms with Gasteiger partial charge in [-0.1, -0.05) is 0 Å². The number of esters is 3. The molecule has 198 valence electrons. The Morgan fingerprint density at radius 3 is 2.11 bits per heavy atom. The van der Waals surface area contributed by atoms with Gasteiger partial charge in [0, 0.05) is 0 Å². The number of benzene rings is 2. The third-order valence-electron chi connectivity index (χ3n) is 5.77. The van der Waals surface area contributed by atoms with Crippen LogP contribution in [0.2, 0.25) is 0 Å². The predicted octanol–water partition coefficient (Wildman–Crippen LogP) is 3.26. The number of para-hydroxylation sites is 1. The Hall–Kier alpha value is -2.73. The zero-order valence-corrected chi connectivity index (χ0v) is 24.3. The quantitative estimate of drug-likeness (QED) is 0.193. The zero-order valence-electron chi connectivity index (χ0n) is 22.0. The summed E-state index contributed by atoms with van der Waals surface area (Å²) >= 11 is -1.00. The van der Waals surface area contributed by atoms with Gasteiger partial charge >= 0.3 is 228 Å². The van der Waals surface area contributed by atoms with E-state index < -0.39 is 63.2 Å². The van der Waals surface area contributed by atoms with Crippen LogP contribution in [0, 0.1) is 20.8 Å². The van der Waals surface area contributed by atoms with Crippen LogP contribution >= 0.6 is 0 Å². The molecule has 4 atom stereocenters. The maximum absolute atomic E-state index is 12.0. The number of nitrogens with zero attached hydrogens (tertiary/aromatic N) is 1. The molecule has 0 aliphatic carbocycles.